The Morgan fingerprint density at radius 2 is 2.33 bits per heavy atom. The van der Waals surface area contributed by atoms with Gasteiger partial charge in [0.2, 0.25) is 0 Å². The van der Waals surface area contributed by atoms with Crippen molar-refractivity contribution in [3.05, 3.63) is 0 Å². The SMILES string of the molecule is CCC(C)(N)C1(O)CCCOC1. The first kappa shape index (κ1) is 9.96. The second kappa shape index (κ2) is 3.32. The molecule has 0 aliphatic carbocycles. The topological polar surface area (TPSA) is 55.5 Å². The van der Waals surface area contributed by atoms with Crippen molar-refractivity contribution in [2.24, 2.45) is 5.73 Å². The van der Waals surface area contributed by atoms with Crippen molar-refractivity contribution in [2.75, 3.05) is 13.2 Å². The van der Waals surface area contributed by atoms with Crippen LogP contribution in [0.2, 0.25) is 0 Å². The van der Waals surface area contributed by atoms with Gasteiger partial charge in [-0.1, -0.05) is 6.92 Å². The Labute approximate surface area is 73.9 Å². The zero-order valence-corrected chi connectivity index (χ0v) is 7.97. The van der Waals surface area contributed by atoms with E-state index in [2.05, 4.69) is 0 Å². The van der Waals surface area contributed by atoms with E-state index in [1.165, 1.54) is 0 Å². The van der Waals surface area contributed by atoms with Crippen molar-refractivity contribution >= 4 is 0 Å². The smallest absolute Gasteiger partial charge is 0.106 e. The highest BCUT2D eigenvalue weighted by Crippen LogP contribution is 2.30. The predicted molar refractivity (Wildman–Crippen MR) is 47.9 cm³/mol. The lowest BCUT2D eigenvalue weighted by Gasteiger charge is -2.44. The lowest BCUT2D eigenvalue weighted by molar-refractivity contribution is -0.126. The summed E-state index contributed by atoms with van der Waals surface area (Å²) >= 11 is 0. The second-order valence-electron chi connectivity index (χ2n) is 3.96. The van der Waals surface area contributed by atoms with Crippen molar-refractivity contribution < 1.29 is 9.84 Å². The van der Waals surface area contributed by atoms with Gasteiger partial charge in [-0.2, -0.15) is 0 Å². The predicted octanol–water partition coefficient (Wildman–Crippen LogP) is 0.655. The molecule has 2 unspecified atom stereocenters. The molecular formula is C9H19NO2. The fraction of sp³-hybridized carbons (Fsp3) is 1.00. The Morgan fingerprint density at radius 3 is 2.75 bits per heavy atom. The van der Waals surface area contributed by atoms with Crippen LogP contribution in [0, 0.1) is 0 Å². The number of ether oxygens (including phenoxy) is 1. The molecule has 0 aromatic heterocycles. The molecule has 1 heterocycles. The number of aliphatic hydroxyl groups is 1. The molecule has 72 valence electrons. The second-order valence-corrected chi connectivity index (χ2v) is 3.96. The Balaban J connectivity index is 2.68. The molecule has 1 saturated heterocycles. The Morgan fingerprint density at radius 1 is 1.67 bits per heavy atom. The third-order valence-corrected chi connectivity index (χ3v) is 3.02. The Kier molecular flexibility index (Phi) is 2.76. The molecule has 0 aromatic rings. The molecular weight excluding hydrogens is 154 g/mol. The molecule has 0 aromatic carbocycles. The summed E-state index contributed by atoms with van der Waals surface area (Å²) in [4.78, 5) is 0. The number of hydrogen-bond donors (Lipinski definition) is 2. The average molecular weight is 173 g/mol. The molecule has 3 N–H and O–H groups in total. The van der Waals surface area contributed by atoms with E-state index in [-0.39, 0.29) is 0 Å². The van der Waals surface area contributed by atoms with Gasteiger partial charge in [0, 0.05) is 12.1 Å². The number of rotatable bonds is 2. The third kappa shape index (κ3) is 1.63. The van der Waals surface area contributed by atoms with Crippen LogP contribution in [0.15, 0.2) is 0 Å². The van der Waals surface area contributed by atoms with Crippen molar-refractivity contribution in [3.8, 4) is 0 Å². The van der Waals surface area contributed by atoms with Crippen molar-refractivity contribution in [3.63, 3.8) is 0 Å². The molecule has 0 amide bonds. The molecule has 0 spiro atoms. The zero-order chi connectivity index (χ0) is 9.24. The summed E-state index contributed by atoms with van der Waals surface area (Å²) < 4.78 is 5.24. The van der Waals surface area contributed by atoms with E-state index in [0.717, 1.165) is 25.9 Å². The standard InChI is InChI=1S/C9H19NO2/c1-3-8(2,10)9(11)5-4-6-12-7-9/h11H,3-7,10H2,1-2H3. The average Bonchev–Trinajstić information content (AvgIpc) is 2.06. The first-order valence-corrected chi connectivity index (χ1v) is 4.61. The molecule has 0 saturated carbocycles. The normalized spacial score (nSPS) is 36.0. The van der Waals surface area contributed by atoms with Gasteiger partial charge in [0.25, 0.3) is 0 Å². The van der Waals surface area contributed by atoms with Gasteiger partial charge >= 0.3 is 0 Å². The highest BCUT2D eigenvalue weighted by atomic mass is 16.5. The summed E-state index contributed by atoms with van der Waals surface area (Å²) in [5, 5.41) is 10.1. The largest absolute Gasteiger partial charge is 0.386 e. The molecule has 1 rings (SSSR count). The minimum absolute atomic E-state index is 0.383. The van der Waals surface area contributed by atoms with E-state index in [1.54, 1.807) is 0 Å². The summed E-state index contributed by atoms with van der Waals surface area (Å²) in [6.45, 7) is 5.02. The molecule has 1 aliphatic heterocycles. The van der Waals surface area contributed by atoms with Gasteiger partial charge in [-0.05, 0) is 26.2 Å². The number of hydrogen-bond acceptors (Lipinski definition) is 3. The third-order valence-electron chi connectivity index (χ3n) is 3.02. The highest BCUT2D eigenvalue weighted by Gasteiger charge is 2.44. The van der Waals surface area contributed by atoms with Crippen LogP contribution in [-0.4, -0.2) is 29.5 Å². The maximum Gasteiger partial charge on any atom is 0.106 e. The van der Waals surface area contributed by atoms with E-state index in [0.29, 0.717) is 6.61 Å². The van der Waals surface area contributed by atoms with Gasteiger partial charge < -0.3 is 15.6 Å². The maximum atomic E-state index is 10.1. The summed E-state index contributed by atoms with van der Waals surface area (Å²) in [5.74, 6) is 0. The first-order chi connectivity index (χ1) is 5.52. The van der Waals surface area contributed by atoms with Gasteiger partial charge in [0.1, 0.15) is 5.60 Å². The van der Waals surface area contributed by atoms with E-state index in [1.807, 2.05) is 13.8 Å². The summed E-state index contributed by atoms with van der Waals surface area (Å²) in [7, 11) is 0. The quantitative estimate of drug-likeness (QED) is 0.645. The molecule has 12 heavy (non-hydrogen) atoms. The van der Waals surface area contributed by atoms with Crippen LogP contribution in [0.5, 0.6) is 0 Å². The number of nitrogens with two attached hydrogens (primary N) is 1. The highest BCUT2D eigenvalue weighted by molar-refractivity contribution is 5.00. The van der Waals surface area contributed by atoms with Crippen LogP contribution < -0.4 is 5.73 Å². The van der Waals surface area contributed by atoms with E-state index in [9.17, 15) is 5.11 Å². The van der Waals surface area contributed by atoms with Crippen LogP contribution in [-0.2, 0) is 4.74 Å². The van der Waals surface area contributed by atoms with Crippen molar-refractivity contribution in [1.29, 1.82) is 0 Å². The van der Waals surface area contributed by atoms with Crippen LogP contribution >= 0.6 is 0 Å². The first-order valence-electron chi connectivity index (χ1n) is 4.61. The monoisotopic (exact) mass is 173 g/mol. The van der Waals surface area contributed by atoms with E-state index < -0.39 is 11.1 Å². The van der Waals surface area contributed by atoms with Crippen LogP contribution in [0.3, 0.4) is 0 Å². The van der Waals surface area contributed by atoms with Crippen LogP contribution in [0.25, 0.3) is 0 Å². The van der Waals surface area contributed by atoms with Gasteiger partial charge in [-0.3, -0.25) is 0 Å². The lowest BCUT2D eigenvalue weighted by Crippen LogP contribution is -2.62. The maximum absolute atomic E-state index is 10.1. The molecule has 0 radical (unpaired) electrons. The Bertz CT molecular complexity index is 151. The molecule has 1 aliphatic rings. The van der Waals surface area contributed by atoms with Crippen molar-refractivity contribution in [1.82, 2.24) is 0 Å². The Hall–Kier alpha value is -0.120. The van der Waals surface area contributed by atoms with Gasteiger partial charge in [-0.15, -0.1) is 0 Å². The van der Waals surface area contributed by atoms with Crippen molar-refractivity contribution in [2.45, 2.75) is 44.2 Å². The van der Waals surface area contributed by atoms with Crippen LogP contribution in [0.1, 0.15) is 33.1 Å². The summed E-state index contributed by atoms with van der Waals surface area (Å²) in [5.41, 5.74) is 4.66. The van der Waals surface area contributed by atoms with Gasteiger partial charge in [0.15, 0.2) is 0 Å². The fourth-order valence-corrected chi connectivity index (χ4v) is 1.56. The molecule has 3 nitrogen and oxygen atoms in total. The minimum atomic E-state index is -0.819. The summed E-state index contributed by atoms with van der Waals surface area (Å²) in [6, 6.07) is 0. The summed E-state index contributed by atoms with van der Waals surface area (Å²) in [6.07, 6.45) is 2.43. The zero-order valence-electron chi connectivity index (χ0n) is 7.97. The molecule has 0 bridgehead atoms. The minimum Gasteiger partial charge on any atom is -0.386 e. The van der Waals surface area contributed by atoms with Gasteiger partial charge in [-0.25, -0.2) is 0 Å². The van der Waals surface area contributed by atoms with E-state index >= 15 is 0 Å². The molecule has 3 heteroatoms. The fourth-order valence-electron chi connectivity index (χ4n) is 1.56. The van der Waals surface area contributed by atoms with Crippen LogP contribution in [0.4, 0.5) is 0 Å². The van der Waals surface area contributed by atoms with E-state index in [4.69, 9.17) is 10.5 Å². The lowest BCUT2D eigenvalue weighted by atomic mass is 9.76. The molecule has 1 fully saturated rings. The molecule has 2 atom stereocenters. The van der Waals surface area contributed by atoms with Gasteiger partial charge in [0.05, 0.1) is 6.61 Å².